The number of para-hydroxylation sites is 1. The topological polar surface area (TPSA) is 62.1 Å². The van der Waals surface area contributed by atoms with Gasteiger partial charge in [-0.1, -0.05) is 32.0 Å². The molecule has 0 bridgehead atoms. The summed E-state index contributed by atoms with van der Waals surface area (Å²) in [7, 11) is 0. The van der Waals surface area contributed by atoms with Gasteiger partial charge in [0.15, 0.2) is 0 Å². The fraction of sp³-hybridized carbons (Fsp3) is 0.412. The normalized spacial score (nSPS) is 12.4. The van der Waals surface area contributed by atoms with E-state index in [-0.39, 0.29) is 17.5 Å². The molecule has 0 aliphatic rings. The Morgan fingerprint density at radius 3 is 2.76 bits per heavy atom. The molecule has 0 radical (unpaired) electrons. The predicted molar refractivity (Wildman–Crippen MR) is 83.7 cm³/mol. The van der Waals surface area contributed by atoms with Crippen molar-refractivity contribution in [2.75, 3.05) is 6.61 Å². The van der Waals surface area contributed by atoms with Gasteiger partial charge in [-0.15, -0.1) is 0 Å². The third-order valence-electron chi connectivity index (χ3n) is 3.04. The first-order valence-electron chi connectivity index (χ1n) is 7.26. The Hall–Kier alpha value is -2.28. The van der Waals surface area contributed by atoms with Gasteiger partial charge in [-0.3, -0.25) is 4.79 Å². The van der Waals surface area contributed by atoms with E-state index >= 15 is 0 Å². The summed E-state index contributed by atoms with van der Waals surface area (Å²) in [6.45, 7) is 6.52. The van der Waals surface area contributed by atoms with Crippen LogP contribution in [0.1, 0.15) is 39.2 Å². The van der Waals surface area contributed by atoms with Gasteiger partial charge in [0.05, 0.1) is 6.61 Å². The van der Waals surface area contributed by atoms with Crippen LogP contribution in [0.15, 0.2) is 29.8 Å². The average Bonchev–Trinajstić information content (AvgIpc) is 2.51. The van der Waals surface area contributed by atoms with Crippen molar-refractivity contribution in [1.29, 1.82) is 5.26 Å². The number of amides is 1. The zero-order valence-electron chi connectivity index (χ0n) is 12.8. The maximum Gasteiger partial charge on any atom is 0.262 e. The average molecular weight is 286 g/mol. The van der Waals surface area contributed by atoms with E-state index in [0.29, 0.717) is 12.4 Å². The highest BCUT2D eigenvalue weighted by molar-refractivity contribution is 6.02. The largest absolute Gasteiger partial charge is 0.493 e. The fourth-order valence-electron chi connectivity index (χ4n) is 1.65. The molecule has 4 heteroatoms. The highest BCUT2D eigenvalue weighted by Crippen LogP contribution is 2.21. The van der Waals surface area contributed by atoms with Gasteiger partial charge in [-0.05, 0) is 31.9 Å². The summed E-state index contributed by atoms with van der Waals surface area (Å²) in [5, 5.41) is 12.0. The molecule has 4 nitrogen and oxygen atoms in total. The minimum atomic E-state index is -0.350. The van der Waals surface area contributed by atoms with E-state index in [9.17, 15) is 10.1 Å². The first-order valence-corrected chi connectivity index (χ1v) is 7.26. The molecule has 21 heavy (non-hydrogen) atoms. The van der Waals surface area contributed by atoms with Crippen molar-refractivity contribution in [3.8, 4) is 11.8 Å². The maximum absolute atomic E-state index is 12.0. The van der Waals surface area contributed by atoms with Gasteiger partial charge in [0.1, 0.15) is 17.4 Å². The van der Waals surface area contributed by atoms with Gasteiger partial charge >= 0.3 is 0 Å². The second-order valence-corrected chi connectivity index (χ2v) is 4.84. The number of carbonyl (C=O) groups is 1. The second-order valence-electron chi connectivity index (χ2n) is 4.84. The van der Waals surface area contributed by atoms with Gasteiger partial charge in [0, 0.05) is 11.6 Å². The van der Waals surface area contributed by atoms with Gasteiger partial charge in [-0.25, -0.2) is 0 Å². The highest BCUT2D eigenvalue weighted by atomic mass is 16.5. The standard InChI is InChI=1S/C17H22N2O2/c1-4-10-21-16-9-7-6-8-14(16)11-15(12-18)17(20)19-13(3)5-2/h6-9,11,13H,4-5,10H2,1-3H3,(H,19,20)/b15-11+. The number of nitriles is 1. The summed E-state index contributed by atoms with van der Waals surface area (Å²) >= 11 is 0. The number of hydrogen-bond acceptors (Lipinski definition) is 3. The van der Waals surface area contributed by atoms with Crippen LogP contribution < -0.4 is 10.1 Å². The van der Waals surface area contributed by atoms with Crippen molar-refractivity contribution in [3.05, 3.63) is 35.4 Å². The molecule has 1 aromatic carbocycles. The van der Waals surface area contributed by atoms with Crippen LogP contribution in [0.2, 0.25) is 0 Å². The van der Waals surface area contributed by atoms with Crippen molar-refractivity contribution in [2.24, 2.45) is 0 Å². The minimum Gasteiger partial charge on any atom is -0.493 e. The molecule has 0 aliphatic heterocycles. The van der Waals surface area contributed by atoms with Crippen LogP contribution in [0.25, 0.3) is 6.08 Å². The molecular formula is C17H22N2O2. The van der Waals surface area contributed by atoms with E-state index in [1.165, 1.54) is 0 Å². The summed E-state index contributed by atoms with van der Waals surface area (Å²) in [5.74, 6) is 0.334. The Bertz CT molecular complexity index is 544. The summed E-state index contributed by atoms with van der Waals surface area (Å²) in [4.78, 5) is 12.0. The van der Waals surface area contributed by atoms with E-state index < -0.39 is 0 Å². The first kappa shape index (κ1) is 16.8. The number of hydrogen-bond donors (Lipinski definition) is 1. The minimum absolute atomic E-state index is 0.0424. The zero-order chi connectivity index (χ0) is 15.7. The summed E-state index contributed by atoms with van der Waals surface area (Å²) in [6, 6.07) is 9.39. The van der Waals surface area contributed by atoms with E-state index in [1.54, 1.807) is 6.08 Å². The Morgan fingerprint density at radius 2 is 2.14 bits per heavy atom. The van der Waals surface area contributed by atoms with Crippen LogP contribution in [0, 0.1) is 11.3 Å². The molecule has 0 saturated heterocycles. The van der Waals surface area contributed by atoms with Crippen molar-refractivity contribution < 1.29 is 9.53 Å². The Kier molecular flexibility index (Phi) is 7.03. The molecule has 1 amide bonds. The lowest BCUT2D eigenvalue weighted by Gasteiger charge is -2.11. The second kappa shape index (κ2) is 8.80. The third-order valence-corrected chi connectivity index (χ3v) is 3.04. The van der Waals surface area contributed by atoms with Crippen molar-refractivity contribution in [1.82, 2.24) is 5.32 Å². The number of nitrogens with one attached hydrogen (secondary N) is 1. The van der Waals surface area contributed by atoms with E-state index in [2.05, 4.69) is 5.32 Å². The molecule has 1 atom stereocenters. The van der Waals surface area contributed by atoms with Crippen molar-refractivity contribution in [2.45, 2.75) is 39.7 Å². The molecule has 0 aliphatic carbocycles. The van der Waals surface area contributed by atoms with Crippen LogP contribution in [0.3, 0.4) is 0 Å². The smallest absolute Gasteiger partial charge is 0.262 e. The molecular weight excluding hydrogens is 264 g/mol. The quantitative estimate of drug-likeness (QED) is 0.618. The van der Waals surface area contributed by atoms with E-state index in [0.717, 1.165) is 18.4 Å². The molecule has 1 aromatic rings. The summed E-state index contributed by atoms with van der Waals surface area (Å²) in [6.07, 6.45) is 3.29. The zero-order valence-corrected chi connectivity index (χ0v) is 12.8. The summed E-state index contributed by atoms with van der Waals surface area (Å²) < 4.78 is 5.63. The molecule has 1 rings (SSSR count). The number of benzene rings is 1. The number of carbonyl (C=O) groups excluding carboxylic acids is 1. The first-order chi connectivity index (χ1) is 10.1. The van der Waals surface area contributed by atoms with Crippen molar-refractivity contribution in [3.63, 3.8) is 0 Å². The Morgan fingerprint density at radius 1 is 1.43 bits per heavy atom. The molecule has 112 valence electrons. The Balaban J connectivity index is 2.98. The number of nitrogens with zero attached hydrogens (tertiary/aromatic N) is 1. The van der Waals surface area contributed by atoms with Gasteiger partial charge < -0.3 is 10.1 Å². The fourth-order valence-corrected chi connectivity index (χ4v) is 1.65. The lowest BCUT2D eigenvalue weighted by molar-refractivity contribution is -0.117. The number of rotatable bonds is 7. The lowest BCUT2D eigenvalue weighted by Crippen LogP contribution is -2.32. The van der Waals surface area contributed by atoms with Crippen LogP contribution >= 0.6 is 0 Å². The van der Waals surface area contributed by atoms with Crippen LogP contribution in [-0.4, -0.2) is 18.6 Å². The molecule has 0 heterocycles. The van der Waals surface area contributed by atoms with Gasteiger partial charge in [0.2, 0.25) is 0 Å². The predicted octanol–water partition coefficient (Wildman–Crippen LogP) is 3.30. The molecule has 0 aromatic heterocycles. The summed E-state index contributed by atoms with van der Waals surface area (Å²) in [5.41, 5.74) is 0.824. The SMILES string of the molecule is CCCOc1ccccc1/C=C(\C#N)C(=O)NC(C)CC. The molecule has 1 N–H and O–H groups in total. The lowest BCUT2D eigenvalue weighted by atomic mass is 10.1. The monoisotopic (exact) mass is 286 g/mol. The number of ether oxygens (including phenoxy) is 1. The van der Waals surface area contributed by atoms with Gasteiger partial charge in [0.25, 0.3) is 5.91 Å². The molecule has 0 spiro atoms. The van der Waals surface area contributed by atoms with Crippen LogP contribution in [-0.2, 0) is 4.79 Å². The van der Waals surface area contributed by atoms with Crippen LogP contribution in [0.4, 0.5) is 0 Å². The molecule has 0 saturated carbocycles. The molecule has 1 unspecified atom stereocenters. The van der Waals surface area contributed by atoms with Gasteiger partial charge in [-0.2, -0.15) is 5.26 Å². The van der Waals surface area contributed by atoms with E-state index in [1.807, 2.05) is 51.1 Å². The molecule has 0 fully saturated rings. The van der Waals surface area contributed by atoms with E-state index in [4.69, 9.17) is 4.74 Å². The highest BCUT2D eigenvalue weighted by Gasteiger charge is 2.12. The van der Waals surface area contributed by atoms with Crippen LogP contribution in [0.5, 0.6) is 5.75 Å². The third kappa shape index (κ3) is 5.31. The van der Waals surface area contributed by atoms with Crippen molar-refractivity contribution >= 4 is 12.0 Å². The Labute approximate surface area is 126 Å². The maximum atomic E-state index is 12.0.